The zero-order valence-corrected chi connectivity index (χ0v) is 24.3. The molecule has 0 amide bonds. The molecule has 2 atom stereocenters. The van der Waals surface area contributed by atoms with Crippen LogP contribution in [0.25, 0.3) is 11.3 Å². The molecule has 0 saturated carbocycles. The Kier molecular flexibility index (Phi) is 7.67. The van der Waals surface area contributed by atoms with Gasteiger partial charge < -0.3 is 24.3 Å². The minimum Gasteiger partial charge on any atom is -0.494 e. The average Bonchev–Trinajstić information content (AvgIpc) is 3.59. The molecule has 2 aliphatic heterocycles. The van der Waals surface area contributed by atoms with E-state index in [9.17, 15) is 0 Å². The highest BCUT2D eigenvalue weighted by atomic mass is 35.5. The summed E-state index contributed by atoms with van der Waals surface area (Å²) < 4.78 is 12.1. The maximum absolute atomic E-state index is 6.91. The molecule has 2 aromatic heterocycles. The lowest BCUT2D eigenvalue weighted by molar-refractivity contribution is 0.340. The van der Waals surface area contributed by atoms with Gasteiger partial charge in [-0.25, -0.2) is 0 Å². The summed E-state index contributed by atoms with van der Waals surface area (Å²) in [6.45, 7) is 6.97. The number of benzene rings is 2. The summed E-state index contributed by atoms with van der Waals surface area (Å²) in [7, 11) is 0. The van der Waals surface area contributed by atoms with Gasteiger partial charge in [-0.15, -0.1) is 0 Å². The van der Waals surface area contributed by atoms with Crippen LogP contribution in [0.3, 0.4) is 0 Å². The van der Waals surface area contributed by atoms with Crippen molar-refractivity contribution in [1.82, 2.24) is 10.3 Å². The van der Waals surface area contributed by atoms with E-state index in [0.717, 1.165) is 63.9 Å². The van der Waals surface area contributed by atoms with Crippen LogP contribution in [-0.2, 0) is 0 Å². The van der Waals surface area contributed by atoms with E-state index in [1.807, 2.05) is 67.6 Å². The fraction of sp³-hybridized carbons (Fsp3) is 0.312. The van der Waals surface area contributed by atoms with Crippen molar-refractivity contribution in [1.29, 1.82) is 0 Å². The van der Waals surface area contributed by atoms with Gasteiger partial charge in [0.1, 0.15) is 23.3 Å². The molecule has 2 unspecified atom stereocenters. The molecular formula is C32H33ClN4O2S. The molecule has 1 N–H and O–H groups in total. The molecule has 2 aliphatic rings. The van der Waals surface area contributed by atoms with Gasteiger partial charge in [0.15, 0.2) is 5.11 Å². The predicted molar refractivity (Wildman–Crippen MR) is 165 cm³/mol. The first kappa shape index (κ1) is 26.7. The summed E-state index contributed by atoms with van der Waals surface area (Å²) in [5, 5.41) is 4.84. The van der Waals surface area contributed by atoms with Gasteiger partial charge in [0.05, 0.1) is 29.1 Å². The van der Waals surface area contributed by atoms with Gasteiger partial charge in [0.25, 0.3) is 0 Å². The van der Waals surface area contributed by atoms with Gasteiger partial charge in [0, 0.05) is 30.5 Å². The highest BCUT2D eigenvalue weighted by Crippen LogP contribution is 2.44. The molecular weight excluding hydrogens is 540 g/mol. The van der Waals surface area contributed by atoms with Crippen molar-refractivity contribution < 1.29 is 9.15 Å². The number of piperidine rings is 1. The van der Waals surface area contributed by atoms with Gasteiger partial charge in [-0.2, -0.15) is 0 Å². The van der Waals surface area contributed by atoms with Crippen LogP contribution in [0.15, 0.2) is 83.4 Å². The third kappa shape index (κ3) is 5.28. The van der Waals surface area contributed by atoms with Gasteiger partial charge in [-0.1, -0.05) is 24.6 Å². The number of ether oxygens (including phenoxy) is 1. The van der Waals surface area contributed by atoms with Crippen LogP contribution in [-0.4, -0.2) is 29.8 Å². The molecule has 4 heterocycles. The minimum atomic E-state index is -0.253. The maximum Gasteiger partial charge on any atom is 0.174 e. The van der Waals surface area contributed by atoms with E-state index in [1.54, 1.807) is 6.20 Å². The normalized spacial score (nSPS) is 19.6. The summed E-state index contributed by atoms with van der Waals surface area (Å²) in [5.41, 5.74) is 3.86. The van der Waals surface area contributed by atoms with Crippen LogP contribution in [0, 0.1) is 5.92 Å². The Morgan fingerprint density at radius 3 is 2.55 bits per heavy atom. The lowest BCUT2D eigenvalue weighted by Gasteiger charge is -2.33. The first-order valence-electron chi connectivity index (χ1n) is 13.9. The maximum atomic E-state index is 6.91. The third-order valence-electron chi connectivity index (χ3n) is 7.80. The number of halogens is 1. The Bertz CT molecular complexity index is 1470. The average molecular weight is 573 g/mol. The number of pyridine rings is 1. The number of thiocarbonyl (C=S) groups is 1. The molecule has 2 fully saturated rings. The predicted octanol–water partition coefficient (Wildman–Crippen LogP) is 7.81. The summed E-state index contributed by atoms with van der Waals surface area (Å²) in [5.74, 6) is 3.16. The summed E-state index contributed by atoms with van der Waals surface area (Å²) in [6, 6.07) is 23.7. The molecule has 0 spiro atoms. The SMILES string of the molecule is CCOc1ccc(-c2ccc(C3C(c4ccccn4)NC(=S)N3c3ccc(N4CCC(C)CC4)c(Cl)c3)o2)cc1. The van der Waals surface area contributed by atoms with Crippen molar-refractivity contribution in [3.05, 3.63) is 95.5 Å². The van der Waals surface area contributed by atoms with Gasteiger partial charge >= 0.3 is 0 Å². The van der Waals surface area contributed by atoms with Crippen LogP contribution in [0.1, 0.15) is 50.2 Å². The molecule has 0 radical (unpaired) electrons. The molecule has 4 aromatic rings. The largest absolute Gasteiger partial charge is 0.494 e. The highest BCUT2D eigenvalue weighted by Gasteiger charge is 2.42. The second-order valence-electron chi connectivity index (χ2n) is 10.5. The van der Waals surface area contributed by atoms with Crippen LogP contribution in [0.4, 0.5) is 11.4 Å². The van der Waals surface area contributed by atoms with Crippen molar-refractivity contribution in [2.24, 2.45) is 5.92 Å². The van der Waals surface area contributed by atoms with Gasteiger partial charge in [-0.05, 0) is 105 Å². The fourth-order valence-electron chi connectivity index (χ4n) is 5.62. The van der Waals surface area contributed by atoms with E-state index < -0.39 is 0 Å². The number of furan rings is 1. The summed E-state index contributed by atoms with van der Waals surface area (Å²) in [6.07, 6.45) is 4.17. The number of anilines is 2. The number of nitrogens with one attached hydrogen (secondary N) is 1. The number of aromatic nitrogens is 1. The van der Waals surface area contributed by atoms with Crippen molar-refractivity contribution in [3.63, 3.8) is 0 Å². The topological polar surface area (TPSA) is 53.8 Å². The molecule has 2 saturated heterocycles. The molecule has 206 valence electrons. The lowest BCUT2D eigenvalue weighted by Crippen LogP contribution is -2.33. The second kappa shape index (κ2) is 11.5. The molecule has 0 aliphatic carbocycles. The zero-order chi connectivity index (χ0) is 27.6. The van der Waals surface area contributed by atoms with E-state index in [-0.39, 0.29) is 12.1 Å². The zero-order valence-electron chi connectivity index (χ0n) is 22.7. The van der Waals surface area contributed by atoms with Crippen molar-refractivity contribution in [2.75, 3.05) is 29.5 Å². The van der Waals surface area contributed by atoms with E-state index >= 15 is 0 Å². The Labute approximate surface area is 245 Å². The quantitative estimate of drug-likeness (QED) is 0.227. The molecule has 8 heteroatoms. The molecule has 6 nitrogen and oxygen atoms in total. The van der Waals surface area contributed by atoms with Crippen LogP contribution >= 0.6 is 23.8 Å². The minimum absolute atomic E-state index is 0.199. The first-order valence-corrected chi connectivity index (χ1v) is 14.7. The Morgan fingerprint density at radius 1 is 1.05 bits per heavy atom. The summed E-state index contributed by atoms with van der Waals surface area (Å²) in [4.78, 5) is 9.14. The Morgan fingerprint density at radius 2 is 1.85 bits per heavy atom. The van der Waals surface area contributed by atoms with Crippen LogP contribution < -0.4 is 19.9 Å². The monoisotopic (exact) mass is 572 g/mol. The summed E-state index contributed by atoms with van der Waals surface area (Å²) >= 11 is 12.8. The number of hydrogen-bond donors (Lipinski definition) is 1. The smallest absolute Gasteiger partial charge is 0.174 e. The van der Waals surface area contributed by atoms with E-state index in [0.29, 0.717) is 11.7 Å². The van der Waals surface area contributed by atoms with E-state index in [1.165, 1.54) is 12.8 Å². The standard InChI is InChI=1S/C32H33ClN4O2S/c1-3-38-24-10-7-22(8-11-24)28-13-14-29(39-28)31-30(26-6-4-5-17-34-26)35-32(40)37(31)23-9-12-27(25(33)20-23)36-18-15-21(2)16-19-36/h4-14,17,20-21,30-31H,3,15-16,18-19H2,1-2H3,(H,35,40). The molecule has 0 bridgehead atoms. The van der Waals surface area contributed by atoms with Crippen LogP contribution in [0.2, 0.25) is 5.02 Å². The number of hydrogen-bond acceptors (Lipinski definition) is 5. The van der Waals surface area contributed by atoms with Crippen molar-refractivity contribution in [2.45, 2.75) is 38.8 Å². The van der Waals surface area contributed by atoms with E-state index in [2.05, 4.69) is 39.2 Å². The Balaban J connectivity index is 1.35. The van der Waals surface area contributed by atoms with Crippen molar-refractivity contribution in [3.8, 4) is 17.1 Å². The van der Waals surface area contributed by atoms with E-state index in [4.69, 9.17) is 33.0 Å². The van der Waals surface area contributed by atoms with Gasteiger partial charge in [-0.3, -0.25) is 4.98 Å². The van der Waals surface area contributed by atoms with Gasteiger partial charge in [0.2, 0.25) is 0 Å². The molecule has 40 heavy (non-hydrogen) atoms. The van der Waals surface area contributed by atoms with Crippen LogP contribution in [0.5, 0.6) is 5.75 Å². The highest BCUT2D eigenvalue weighted by molar-refractivity contribution is 7.80. The molecule has 6 rings (SSSR count). The number of nitrogens with zero attached hydrogens (tertiary/aromatic N) is 3. The lowest BCUT2D eigenvalue weighted by atomic mass is 9.98. The molecule has 2 aromatic carbocycles. The van der Waals surface area contributed by atoms with Crippen molar-refractivity contribution >= 4 is 40.3 Å². The third-order valence-corrected chi connectivity index (χ3v) is 8.42. The Hall–Kier alpha value is -3.55. The second-order valence-corrected chi connectivity index (χ2v) is 11.3. The fourth-order valence-corrected chi connectivity index (χ4v) is 6.26. The first-order chi connectivity index (χ1) is 19.5. The number of rotatable bonds is 7.